The number of aromatic amines is 1. The van der Waals surface area contributed by atoms with E-state index in [2.05, 4.69) is 44.5 Å². The van der Waals surface area contributed by atoms with E-state index in [4.69, 9.17) is 4.98 Å². The topological polar surface area (TPSA) is 68.9 Å². The average molecular weight is 424 g/mol. The van der Waals surface area contributed by atoms with Crippen LogP contribution in [0.1, 0.15) is 5.56 Å². The predicted octanol–water partition coefficient (Wildman–Crippen LogP) is 5.43. The lowest BCUT2D eigenvalue weighted by atomic mass is 10.1. The molecule has 4 rings (SSSR count). The van der Waals surface area contributed by atoms with Crippen LogP contribution in [0.2, 0.25) is 0 Å². The number of imidazole rings is 1. The quantitative estimate of drug-likeness (QED) is 0.429. The highest BCUT2D eigenvalue weighted by Crippen LogP contribution is 2.34. The second-order valence-electron chi connectivity index (χ2n) is 5.60. The highest BCUT2D eigenvalue weighted by molar-refractivity contribution is 9.10. The molecule has 0 saturated heterocycles. The van der Waals surface area contributed by atoms with Crippen LogP contribution >= 0.6 is 27.7 Å². The number of halogens is 1. The van der Waals surface area contributed by atoms with Crippen molar-refractivity contribution in [2.75, 3.05) is 11.6 Å². The van der Waals surface area contributed by atoms with Gasteiger partial charge in [-0.15, -0.1) is 11.8 Å². The molecule has 0 saturated carbocycles. The highest BCUT2D eigenvalue weighted by atomic mass is 79.9. The summed E-state index contributed by atoms with van der Waals surface area (Å²) < 4.78 is 2.75. The molecule has 2 aromatic heterocycles. The molecule has 0 aliphatic rings. The molecule has 128 valence electrons. The van der Waals surface area contributed by atoms with Crippen LogP contribution in [-0.2, 0) is 0 Å². The summed E-state index contributed by atoms with van der Waals surface area (Å²) in [6, 6.07) is 18.3. The molecule has 2 N–H and O–H groups in total. The zero-order valence-electron chi connectivity index (χ0n) is 13.8. The molecular formula is C19H14BrN5S. The van der Waals surface area contributed by atoms with Gasteiger partial charge in [-0.05, 0) is 46.5 Å². The first-order valence-electron chi connectivity index (χ1n) is 7.87. The molecule has 0 unspecified atom stereocenters. The Hall–Kier alpha value is -2.69. The molecule has 26 heavy (non-hydrogen) atoms. The Labute approximate surface area is 163 Å². The number of hydrogen-bond acceptors (Lipinski definition) is 4. The number of thioether (sulfide) groups is 1. The number of anilines is 2. The number of H-pyrrole nitrogens is 1. The van der Waals surface area contributed by atoms with Crippen LogP contribution in [0.5, 0.6) is 0 Å². The minimum absolute atomic E-state index is 0.507. The molecular weight excluding hydrogens is 410 g/mol. The van der Waals surface area contributed by atoms with E-state index in [1.807, 2.05) is 42.7 Å². The Balaban J connectivity index is 1.89. The zero-order valence-corrected chi connectivity index (χ0v) is 16.2. The molecule has 0 amide bonds. The second kappa shape index (κ2) is 6.90. The van der Waals surface area contributed by atoms with Crippen LogP contribution < -0.4 is 5.32 Å². The van der Waals surface area contributed by atoms with E-state index in [0.29, 0.717) is 11.2 Å². The molecule has 2 heterocycles. The van der Waals surface area contributed by atoms with E-state index in [1.165, 1.54) is 4.90 Å². The van der Waals surface area contributed by atoms with Gasteiger partial charge in [0, 0.05) is 21.1 Å². The van der Waals surface area contributed by atoms with Gasteiger partial charge in [-0.25, -0.2) is 9.50 Å². The molecule has 4 aromatic rings. The number of para-hydroxylation sites is 1. The summed E-state index contributed by atoms with van der Waals surface area (Å²) in [6.07, 6.45) is 3.71. The summed E-state index contributed by atoms with van der Waals surface area (Å²) in [6.45, 7) is 0. The molecule has 0 radical (unpaired) electrons. The SMILES string of the molecule is CSc1ccc(-c2nc3c(C#N)c[nH]n3c2Nc2ccccc2Br)cc1. The van der Waals surface area contributed by atoms with E-state index in [-0.39, 0.29) is 0 Å². The Morgan fingerprint density at radius 2 is 1.96 bits per heavy atom. The van der Waals surface area contributed by atoms with Crippen molar-refractivity contribution in [2.24, 2.45) is 0 Å². The van der Waals surface area contributed by atoms with Crippen molar-refractivity contribution in [1.82, 2.24) is 14.6 Å². The molecule has 0 fully saturated rings. The average Bonchev–Trinajstić information content (AvgIpc) is 3.23. The second-order valence-corrected chi connectivity index (χ2v) is 7.33. The van der Waals surface area contributed by atoms with Crippen molar-refractivity contribution in [3.63, 3.8) is 0 Å². The molecule has 0 bridgehead atoms. The van der Waals surface area contributed by atoms with Crippen LogP contribution in [0.4, 0.5) is 11.5 Å². The first kappa shape index (κ1) is 16.8. The summed E-state index contributed by atoms with van der Waals surface area (Å²) in [5.74, 6) is 0.783. The summed E-state index contributed by atoms with van der Waals surface area (Å²) in [5.41, 5.74) is 3.80. The number of benzene rings is 2. The van der Waals surface area contributed by atoms with E-state index in [1.54, 1.807) is 22.5 Å². The molecule has 2 aromatic carbocycles. The molecule has 5 nitrogen and oxygen atoms in total. The maximum absolute atomic E-state index is 9.34. The minimum atomic E-state index is 0.507. The third-order valence-corrected chi connectivity index (χ3v) is 5.50. The monoisotopic (exact) mass is 423 g/mol. The van der Waals surface area contributed by atoms with Crippen molar-refractivity contribution in [2.45, 2.75) is 4.90 Å². The summed E-state index contributed by atoms with van der Waals surface area (Å²) >= 11 is 5.26. The normalized spacial score (nSPS) is 10.8. The lowest BCUT2D eigenvalue weighted by Crippen LogP contribution is -1.98. The van der Waals surface area contributed by atoms with Gasteiger partial charge < -0.3 is 5.32 Å². The molecule has 0 aliphatic carbocycles. The highest BCUT2D eigenvalue weighted by Gasteiger charge is 2.18. The smallest absolute Gasteiger partial charge is 0.173 e. The maximum atomic E-state index is 9.34. The van der Waals surface area contributed by atoms with Gasteiger partial charge in [0.2, 0.25) is 0 Å². The lowest BCUT2D eigenvalue weighted by molar-refractivity contribution is 0.980. The van der Waals surface area contributed by atoms with Gasteiger partial charge in [0.05, 0.1) is 5.69 Å². The first-order chi connectivity index (χ1) is 12.7. The van der Waals surface area contributed by atoms with Crippen molar-refractivity contribution in [3.8, 4) is 17.3 Å². The van der Waals surface area contributed by atoms with Crippen LogP contribution in [-0.4, -0.2) is 20.9 Å². The van der Waals surface area contributed by atoms with Crippen molar-refractivity contribution in [1.29, 1.82) is 5.26 Å². The summed E-state index contributed by atoms with van der Waals surface area (Å²) in [4.78, 5) is 5.91. The first-order valence-corrected chi connectivity index (χ1v) is 9.89. The number of aromatic nitrogens is 3. The van der Waals surface area contributed by atoms with Crippen molar-refractivity contribution < 1.29 is 0 Å². The molecule has 0 atom stereocenters. The number of rotatable bonds is 4. The van der Waals surface area contributed by atoms with Crippen molar-refractivity contribution >= 4 is 44.8 Å². The van der Waals surface area contributed by atoms with Gasteiger partial charge in [0.25, 0.3) is 0 Å². The van der Waals surface area contributed by atoms with Crippen LogP contribution in [0.3, 0.4) is 0 Å². The van der Waals surface area contributed by atoms with Gasteiger partial charge >= 0.3 is 0 Å². The molecule has 0 spiro atoms. The van der Waals surface area contributed by atoms with Gasteiger partial charge in [-0.2, -0.15) is 5.26 Å². The van der Waals surface area contributed by atoms with Crippen molar-refractivity contribution in [3.05, 3.63) is 64.8 Å². The predicted molar refractivity (Wildman–Crippen MR) is 109 cm³/mol. The van der Waals surface area contributed by atoms with Crippen LogP contribution in [0.15, 0.2) is 64.1 Å². The number of nitrogens with one attached hydrogen (secondary N) is 2. The Morgan fingerprint density at radius 3 is 2.65 bits per heavy atom. The standard InChI is InChI=1S/C19H14BrN5S/c1-26-14-8-6-12(7-9-14)17-19(23-16-5-3-2-4-15(16)20)25-18(24-17)13(10-21)11-22-25/h2-9,11,22-23H,1H3. The largest absolute Gasteiger partial charge is 0.337 e. The Bertz CT molecular complexity index is 1120. The third-order valence-electron chi connectivity index (χ3n) is 4.07. The number of hydrogen-bond donors (Lipinski definition) is 2. The van der Waals surface area contributed by atoms with Gasteiger partial charge in [0.15, 0.2) is 11.5 Å². The van der Waals surface area contributed by atoms with E-state index in [9.17, 15) is 5.26 Å². The van der Waals surface area contributed by atoms with E-state index in [0.717, 1.165) is 27.2 Å². The fraction of sp³-hybridized carbons (Fsp3) is 0.0526. The van der Waals surface area contributed by atoms with Gasteiger partial charge in [0.1, 0.15) is 17.3 Å². The van der Waals surface area contributed by atoms with Gasteiger partial charge in [-0.1, -0.05) is 24.3 Å². The minimum Gasteiger partial charge on any atom is -0.337 e. The van der Waals surface area contributed by atoms with Gasteiger partial charge in [-0.3, -0.25) is 5.10 Å². The maximum Gasteiger partial charge on any atom is 0.173 e. The number of fused-ring (bicyclic) bond motifs is 1. The zero-order chi connectivity index (χ0) is 18.1. The molecule has 7 heteroatoms. The third kappa shape index (κ3) is 2.87. The Kier molecular flexibility index (Phi) is 4.45. The number of nitriles is 1. The summed E-state index contributed by atoms with van der Waals surface area (Å²) in [7, 11) is 0. The van der Waals surface area contributed by atoms with Crippen LogP contribution in [0.25, 0.3) is 16.9 Å². The van der Waals surface area contributed by atoms with E-state index < -0.39 is 0 Å². The molecule has 0 aliphatic heterocycles. The Morgan fingerprint density at radius 1 is 1.19 bits per heavy atom. The fourth-order valence-corrected chi connectivity index (χ4v) is 3.55. The van der Waals surface area contributed by atoms with Crippen LogP contribution in [0, 0.1) is 11.3 Å². The number of nitrogens with zero attached hydrogens (tertiary/aromatic N) is 3. The summed E-state index contributed by atoms with van der Waals surface area (Å²) in [5, 5.41) is 15.9. The van der Waals surface area contributed by atoms with E-state index >= 15 is 0 Å². The lowest BCUT2D eigenvalue weighted by Gasteiger charge is -2.10. The fourth-order valence-electron chi connectivity index (χ4n) is 2.76.